The molecule has 0 bridgehead atoms. The molecular formula is C16H12Cl2N2OS2. The molecule has 3 aromatic rings. The number of hydrogen-bond donors (Lipinski definition) is 2. The highest BCUT2D eigenvalue weighted by Crippen LogP contribution is 2.37. The fourth-order valence-electron chi connectivity index (χ4n) is 2.00. The number of benzene rings is 2. The predicted octanol–water partition coefficient (Wildman–Crippen LogP) is 6.29. The van der Waals surface area contributed by atoms with E-state index in [1.54, 1.807) is 23.9 Å². The van der Waals surface area contributed by atoms with Gasteiger partial charge in [0.1, 0.15) is 0 Å². The van der Waals surface area contributed by atoms with E-state index in [-0.39, 0.29) is 15.8 Å². The lowest BCUT2D eigenvalue weighted by Crippen LogP contribution is -1.89. The first kappa shape index (κ1) is 16.5. The van der Waals surface area contributed by atoms with Crippen molar-refractivity contribution >= 4 is 57.1 Å². The van der Waals surface area contributed by atoms with Crippen LogP contribution < -0.4 is 5.32 Å². The first-order chi connectivity index (χ1) is 11.1. The maximum atomic E-state index is 9.63. The fraction of sp³-hybridized carbons (Fsp3) is 0.0625. The number of anilines is 2. The number of aromatic nitrogens is 1. The zero-order valence-corrected chi connectivity index (χ0v) is 15.2. The predicted molar refractivity (Wildman–Crippen MR) is 101 cm³/mol. The van der Waals surface area contributed by atoms with Crippen molar-refractivity contribution < 1.29 is 5.11 Å². The summed E-state index contributed by atoms with van der Waals surface area (Å²) in [6.07, 6.45) is 2.04. The number of thioether (sulfide) groups is 1. The molecule has 3 nitrogen and oxygen atoms in total. The Morgan fingerprint density at radius 3 is 2.61 bits per heavy atom. The molecule has 0 atom stereocenters. The lowest BCUT2D eigenvalue weighted by molar-refractivity contribution is 0.476. The molecule has 0 unspecified atom stereocenters. The van der Waals surface area contributed by atoms with Crippen molar-refractivity contribution in [3.63, 3.8) is 0 Å². The second-order valence-corrected chi connectivity index (χ2v) is 7.24. The summed E-state index contributed by atoms with van der Waals surface area (Å²) >= 11 is 15.1. The third kappa shape index (κ3) is 3.75. The average Bonchev–Trinajstić information content (AvgIpc) is 3.01. The molecular weight excluding hydrogens is 371 g/mol. The standard InChI is InChI=1S/C16H12Cl2N2OS2/c1-22-11-4-2-3-10(7-11)19-16-20-14(8-23-16)9-5-12(17)15(21)13(18)6-9/h2-8,21H,1H3,(H,19,20). The largest absolute Gasteiger partial charge is 0.505 e. The number of phenolic OH excluding ortho intramolecular Hbond substituents is 1. The summed E-state index contributed by atoms with van der Waals surface area (Å²) in [5.41, 5.74) is 2.50. The summed E-state index contributed by atoms with van der Waals surface area (Å²) in [6, 6.07) is 11.4. The van der Waals surface area contributed by atoms with Gasteiger partial charge >= 0.3 is 0 Å². The molecule has 0 amide bonds. The van der Waals surface area contributed by atoms with Gasteiger partial charge in [-0.25, -0.2) is 4.98 Å². The first-order valence-corrected chi connectivity index (χ1v) is 9.48. The van der Waals surface area contributed by atoms with Crippen molar-refractivity contribution in [3.05, 3.63) is 51.8 Å². The molecule has 23 heavy (non-hydrogen) atoms. The summed E-state index contributed by atoms with van der Waals surface area (Å²) in [4.78, 5) is 5.73. The second kappa shape index (κ2) is 7.01. The van der Waals surface area contributed by atoms with Crippen LogP contribution in [0.1, 0.15) is 0 Å². The van der Waals surface area contributed by atoms with Crippen molar-refractivity contribution in [2.45, 2.75) is 4.90 Å². The molecule has 2 aromatic carbocycles. The maximum Gasteiger partial charge on any atom is 0.187 e. The minimum Gasteiger partial charge on any atom is -0.505 e. The van der Waals surface area contributed by atoms with Gasteiger partial charge in [-0.3, -0.25) is 0 Å². The van der Waals surface area contributed by atoms with Crippen LogP contribution in [0, 0.1) is 0 Å². The van der Waals surface area contributed by atoms with Gasteiger partial charge in [-0.15, -0.1) is 23.1 Å². The van der Waals surface area contributed by atoms with Gasteiger partial charge in [-0.1, -0.05) is 29.3 Å². The van der Waals surface area contributed by atoms with Crippen molar-refractivity contribution in [2.75, 3.05) is 11.6 Å². The van der Waals surface area contributed by atoms with Crippen LogP contribution in [0.25, 0.3) is 11.3 Å². The highest BCUT2D eigenvalue weighted by molar-refractivity contribution is 7.98. The summed E-state index contributed by atoms with van der Waals surface area (Å²) in [6.45, 7) is 0. The lowest BCUT2D eigenvalue weighted by atomic mass is 10.2. The highest BCUT2D eigenvalue weighted by Gasteiger charge is 2.11. The summed E-state index contributed by atoms with van der Waals surface area (Å²) in [7, 11) is 0. The van der Waals surface area contributed by atoms with Crippen LogP contribution in [-0.4, -0.2) is 16.3 Å². The minimum atomic E-state index is -0.112. The Balaban J connectivity index is 1.85. The van der Waals surface area contributed by atoms with Crippen LogP contribution in [0.15, 0.2) is 46.7 Å². The number of rotatable bonds is 4. The Morgan fingerprint density at radius 2 is 1.91 bits per heavy atom. The van der Waals surface area contributed by atoms with Gasteiger partial charge in [-0.05, 0) is 36.6 Å². The summed E-state index contributed by atoms with van der Waals surface area (Å²) in [5, 5.41) is 16.0. The number of hydrogen-bond acceptors (Lipinski definition) is 5. The van der Waals surface area contributed by atoms with Crippen LogP contribution in [0.4, 0.5) is 10.8 Å². The van der Waals surface area contributed by atoms with E-state index in [0.29, 0.717) is 0 Å². The van der Waals surface area contributed by atoms with Crippen molar-refractivity contribution in [2.24, 2.45) is 0 Å². The Labute approximate surface area is 152 Å². The van der Waals surface area contributed by atoms with Gasteiger partial charge in [0, 0.05) is 21.5 Å². The Kier molecular flexibility index (Phi) is 5.02. The fourth-order valence-corrected chi connectivity index (χ4v) is 3.69. The average molecular weight is 383 g/mol. The maximum absolute atomic E-state index is 9.63. The molecule has 1 heterocycles. The zero-order chi connectivity index (χ0) is 16.4. The van der Waals surface area contributed by atoms with E-state index in [1.165, 1.54) is 16.2 Å². The normalized spacial score (nSPS) is 10.7. The third-order valence-corrected chi connectivity index (χ3v) is 5.20. The summed E-state index contributed by atoms with van der Waals surface area (Å²) < 4.78 is 0. The van der Waals surface area contributed by atoms with Gasteiger partial charge in [0.05, 0.1) is 15.7 Å². The molecule has 0 spiro atoms. The monoisotopic (exact) mass is 382 g/mol. The number of thiazole rings is 1. The van der Waals surface area contributed by atoms with Crippen LogP contribution >= 0.6 is 46.3 Å². The molecule has 0 fully saturated rings. The van der Waals surface area contributed by atoms with E-state index >= 15 is 0 Å². The number of aromatic hydroxyl groups is 1. The van der Waals surface area contributed by atoms with Crippen LogP contribution in [0.3, 0.4) is 0 Å². The Bertz CT molecular complexity index is 829. The van der Waals surface area contributed by atoms with E-state index in [0.717, 1.165) is 22.1 Å². The number of nitrogens with one attached hydrogen (secondary N) is 1. The van der Waals surface area contributed by atoms with E-state index < -0.39 is 0 Å². The Hall–Kier alpha value is -1.40. The van der Waals surface area contributed by atoms with Gasteiger partial charge in [0.2, 0.25) is 0 Å². The number of phenols is 1. The lowest BCUT2D eigenvalue weighted by Gasteiger charge is -2.05. The van der Waals surface area contributed by atoms with Gasteiger partial charge in [-0.2, -0.15) is 0 Å². The Morgan fingerprint density at radius 1 is 1.17 bits per heavy atom. The molecule has 0 radical (unpaired) electrons. The van der Waals surface area contributed by atoms with Crippen molar-refractivity contribution in [1.29, 1.82) is 0 Å². The van der Waals surface area contributed by atoms with Crippen LogP contribution in [0.2, 0.25) is 10.0 Å². The number of halogens is 2. The van der Waals surface area contributed by atoms with E-state index in [9.17, 15) is 5.11 Å². The quantitative estimate of drug-likeness (QED) is 0.520. The molecule has 0 saturated carbocycles. The van der Waals surface area contributed by atoms with Crippen molar-refractivity contribution in [3.8, 4) is 17.0 Å². The van der Waals surface area contributed by atoms with Crippen molar-refractivity contribution in [1.82, 2.24) is 4.98 Å². The van der Waals surface area contributed by atoms with Gasteiger partial charge in [0.25, 0.3) is 0 Å². The molecule has 3 rings (SSSR count). The molecule has 7 heteroatoms. The second-order valence-electron chi connectivity index (χ2n) is 4.68. The first-order valence-electron chi connectivity index (χ1n) is 6.62. The third-order valence-electron chi connectivity index (χ3n) is 3.14. The molecule has 2 N–H and O–H groups in total. The highest BCUT2D eigenvalue weighted by atomic mass is 35.5. The van der Waals surface area contributed by atoms with Crippen LogP contribution in [0.5, 0.6) is 5.75 Å². The van der Waals surface area contributed by atoms with Gasteiger partial charge in [0.15, 0.2) is 10.9 Å². The van der Waals surface area contributed by atoms with Crippen LogP contribution in [-0.2, 0) is 0 Å². The molecule has 0 saturated heterocycles. The smallest absolute Gasteiger partial charge is 0.187 e. The molecule has 0 aliphatic rings. The topological polar surface area (TPSA) is 45.2 Å². The van der Waals surface area contributed by atoms with E-state index in [2.05, 4.69) is 22.4 Å². The zero-order valence-electron chi connectivity index (χ0n) is 12.0. The van der Waals surface area contributed by atoms with E-state index in [4.69, 9.17) is 23.2 Å². The minimum absolute atomic E-state index is 0.112. The van der Waals surface area contributed by atoms with Gasteiger partial charge < -0.3 is 10.4 Å². The molecule has 0 aliphatic heterocycles. The molecule has 118 valence electrons. The number of nitrogens with zero attached hydrogens (tertiary/aromatic N) is 1. The molecule has 1 aromatic heterocycles. The molecule has 0 aliphatic carbocycles. The van der Waals surface area contributed by atoms with E-state index in [1.807, 2.05) is 23.8 Å². The SMILES string of the molecule is CSc1cccc(Nc2nc(-c3cc(Cl)c(O)c(Cl)c3)cs2)c1. The summed E-state index contributed by atoms with van der Waals surface area (Å²) in [5.74, 6) is -0.112.